The van der Waals surface area contributed by atoms with Crippen molar-refractivity contribution in [1.82, 2.24) is 24.5 Å². The lowest BCUT2D eigenvalue weighted by Crippen LogP contribution is -2.46. The quantitative estimate of drug-likeness (QED) is 0.893. The van der Waals surface area contributed by atoms with Crippen molar-refractivity contribution in [2.75, 3.05) is 31.6 Å². The molecule has 7 heteroatoms. The Kier molecular flexibility index (Phi) is 3.23. The second-order valence-corrected chi connectivity index (χ2v) is 5.85. The van der Waals surface area contributed by atoms with E-state index in [1.807, 2.05) is 13.0 Å². The van der Waals surface area contributed by atoms with Gasteiger partial charge in [-0.25, -0.2) is 4.98 Å². The number of hydrogen-bond acceptors (Lipinski definition) is 6. The molecule has 0 radical (unpaired) electrons. The van der Waals surface area contributed by atoms with Gasteiger partial charge in [-0.2, -0.15) is 14.6 Å². The third kappa shape index (κ3) is 2.71. The van der Waals surface area contributed by atoms with Gasteiger partial charge >= 0.3 is 0 Å². The summed E-state index contributed by atoms with van der Waals surface area (Å²) in [6, 6.07) is 2.80. The Morgan fingerprint density at radius 1 is 1.43 bits per heavy atom. The fourth-order valence-corrected chi connectivity index (χ4v) is 2.91. The van der Waals surface area contributed by atoms with Crippen LogP contribution in [0.25, 0.3) is 5.78 Å². The summed E-state index contributed by atoms with van der Waals surface area (Å²) in [5.41, 5.74) is 0.933. The third-order valence-corrected chi connectivity index (χ3v) is 4.12. The molecule has 21 heavy (non-hydrogen) atoms. The number of hydrogen-bond donors (Lipinski definition) is 1. The standard InChI is InChI=1S/C14H20N6O/c1-10-6-13(20-14(18-10)16-9-17-20)15-7-12-8-19(4-5-21-12)11-2-3-11/h6,9,11-12,15H,2-5,7-8H2,1H3/t12-/m0/s1. The molecule has 1 atom stereocenters. The van der Waals surface area contributed by atoms with Gasteiger partial charge in [-0.3, -0.25) is 4.90 Å². The molecule has 2 aliphatic rings. The summed E-state index contributed by atoms with van der Waals surface area (Å²) in [4.78, 5) is 11.0. The van der Waals surface area contributed by atoms with Gasteiger partial charge in [-0.05, 0) is 19.8 Å². The number of nitrogens with zero attached hydrogens (tertiary/aromatic N) is 5. The zero-order chi connectivity index (χ0) is 14.2. The van der Waals surface area contributed by atoms with Crippen LogP contribution in [0.2, 0.25) is 0 Å². The van der Waals surface area contributed by atoms with Gasteiger partial charge in [-0.15, -0.1) is 0 Å². The molecule has 0 unspecified atom stereocenters. The number of ether oxygens (including phenoxy) is 1. The van der Waals surface area contributed by atoms with Crippen molar-refractivity contribution in [3.63, 3.8) is 0 Å². The summed E-state index contributed by atoms with van der Waals surface area (Å²) in [6.45, 7) is 5.66. The van der Waals surface area contributed by atoms with Crippen molar-refractivity contribution in [3.05, 3.63) is 18.1 Å². The Hall–Kier alpha value is -1.73. The molecule has 1 aliphatic heterocycles. The van der Waals surface area contributed by atoms with Crippen molar-refractivity contribution in [2.45, 2.75) is 31.9 Å². The van der Waals surface area contributed by atoms with Crippen LogP contribution in [0.5, 0.6) is 0 Å². The van der Waals surface area contributed by atoms with Crippen LogP contribution in [0.1, 0.15) is 18.5 Å². The summed E-state index contributed by atoms with van der Waals surface area (Å²) in [5.74, 6) is 1.55. The first kappa shape index (κ1) is 13.0. The van der Waals surface area contributed by atoms with Crippen LogP contribution in [-0.2, 0) is 4.74 Å². The van der Waals surface area contributed by atoms with Crippen LogP contribution in [0.4, 0.5) is 5.82 Å². The highest BCUT2D eigenvalue weighted by Gasteiger charge is 2.32. The van der Waals surface area contributed by atoms with Gasteiger partial charge in [0.1, 0.15) is 12.1 Å². The van der Waals surface area contributed by atoms with E-state index in [1.54, 1.807) is 4.52 Å². The van der Waals surface area contributed by atoms with E-state index < -0.39 is 0 Å². The van der Waals surface area contributed by atoms with E-state index >= 15 is 0 Å². The van der Waals surface area contributed by atoms with Gasteiger partial charge in [0.05, 0.1) is 12.7 Å². The fraction of sp³-hybridized carbons (Fsp3) is 0.643. The fourth-order valence-electron chi connectivity index (χ4n) is 2.91. The molecule has 1 aliphatic carbocycles. The Balaban J connectivity index is 1.44. The predicted octanol–water partition coefficient (Wildman–Crippen LogP) is 0.708. The Bertz CT molecular complexity index is 637. The van der Waals surface area contributed by atoms with Crippen LogP contribution in [0.15, 0.2) is 12.4 Å². The highest BCUT2D eigenvalue weighted by molar-refractivity contribution is 5.44. The Labute approximate surface area is 123 Å². The maximum atomic E-state index is 5.87. The molecule has 0 bridgehead atoms. The number of aromatic nitrogens is 4. The van der Waals surface area contributed by atoms with E-state index in [4.69, 9.17) is 4.74 Å². The zero-order valence-corrected chi connectivity index (χ0v) is 12.2. The minimum atomic E-state index is 0.228. The van der Waals surface area contributed by atoms with E-state index in [-0.39, 0.29) is 6.10 Å². The van der Waals surface area contributed by atoms with Crippen LogP contribution in [0, 0.1) is 6.92 Å². The molecule has 4 rings (SSSR count). The van der Waals surface area contributed by atoms with Crippen LogP contribution in [-0.4, -0.2) is 62.9 Å². The van der Waals surface area contributed by atoms with Gasteiger partial charge < -0.3 is 10.1 Å². The Morgan fingerprint density at radius 3 is 3.19 bits per heavy atom. The molecule has 2 fully saturated rings. The molecule has 2 aromatic rings. The van der Waals surface area contributed by atoms with E-state index in [1.165, 1.54) is 19.2 Å². The third-order valence-electron chi connectivity index (χ3n) is 4.12. The number of morpholine rings is 1. The molecule has 7 nitrogen and oxygen atoms in total. The number of rotatable bonds is 4. The molecular formula is C14H20N6O. The molecule has 1 saturated carbocycles. The second kappa shape index (κ2) is 5.23. The van der Waals surface area contributed by atoms with Gasteiger partial charge in [0.25, 0.3) is 5.78 Å². The van der Waals surface area contributed by atoms with E-state index in [9.17, 15) is 0 Å². The first-order valence-electron chi connectivity index (χ1n) is 7.56. The maximum absolute atomic E-state index is 5.87. The number of aryl methyl sites for hydroxylation is 1. The number of fused-ring (bicyclic) bond motifs is 1. The summed E-state index contributed by atoms with van der Waals surface area (Å²) >= 11 is 0. The molecule has 0 spiro atoms. The molecule has 0 amide bonds. The van der Waals surface area contributed by atoms with Gasteiger partial charge in [0.2, 0.25) is 0 Å². The average molecular weight is 288 g/mol. The van der Waals surface area contributed by atoms with Crippen LogP contribution in [0.3, 0.4) is 0 Å². The second-order valence-electron chi connectivity index (χ2n) is 5.85. The summed E-state index contributed by atoms with van der Waals surface area (Å²) in [6.07, 6.45) is 4.46. The van der Waals surface area contributed by atoms with Gasteiger partial charge in [-0.1, -0.05) is 0 Å². The number of nitrogens with one attached hydrogen (secondary N) is 1. The minimum Gasteiger partial charge on any atom is -0.374 e. The maximum Gasteiger partial charge on any atom is 0.254 e. The first-order chi connectivity index (χ1) is 10.3. The van der Waals surface area contributed by atoms with E-state index in [0.29, 0.717) is 5.78 Å². The van der Waals surface area contributed by atoms with Gasteiger partial charge in [0, 0.05) is 37.4 Å². The molecule has 1 N–H and O–H groups in total. The van der Waals surface area contributed by atoms with Crippen molar-refractivity contribution in [1.29, 1.82) is 0 Å². The van der Waals surface area contributed by atoms with Crippen LogP contribution >= 0.6 is 0 Å². The molecule has 1 saturated heterocycles. The predicted molar refractivity (Wildman–Crippen MR) is 78.3 cm³/mol. The zero-order valence-electron chi connectivity index (χ0n) is 12.2. The minimum absolute atomic E-state index is 0.228. The van der Waals surface area contributed by atoms with E-state index in [2.05, 4.69) is 25.3 Å². The topological polar surface area (TPSA) is 67.6 Å². The van der Waals surface area contributed by atoms with E-state index in [0.717, 1.165) is 43.8 Å². The largest absolute Gasteiger partial charge is 0.374 e. The van der Waals surface area contributed by atoms with Crippen molar-refractivity contribution >= 4 is 11.6 Å². The number of anilines is 1. The monoisotopic (exact) mass is 288 g/mol. The first-order valence-corrected chi connectivity index (χ1v) is 7.56. The summed E-state index contributed by atoms with van der Waals surface area (Å²) in [7, 11) is 0. The van der Waals surface area contributed by atoms with Gasteiger partial charge in [0.15, 0.2) is 0 Å². The van der Waals surface area contributed by atoms with Crippen molar-refractivity contribution in [3.8, 4) is 0 Å². The molecule has 112 valence electrons. The lowest BCUT2D eigenvalue weighted by atomic mass is 10.2. The average Bonchev–Trinajstić information content (AvgIpc) is 3.24. The molecule has 2 aromatic heterocycles. The normalized spacial score (nSPS) is 23.6. The molecule has 0 aromatic carbocycles. The lowest BCUT2D eigenvalue weighted by Gasteiger charge is -2.33. The molecule has 3 heterocycles. The summed E-state index contributed by atoms with van der Waals surface area (Å²) in [5, 5.41) is 7.64. The lowest BCUT2D eigenvalue weighted by molar-refractivity contribution is -0.0241. The molecular weight excluding hydrogens is 268 g/mol. The SMILES string of the molecule is Cc1cc(NC[C@H]2CN(C3CC3)CCO2)n2ncnc2n1. The van der Waals surface area contributed by atoms with Crippen molar-refractivity contribution in [2.24, 2.45) is 0 Å². The highest BCUT2D eigenvalue weighted by atomic mass is 16.5. The highest BCUT2D eigenvalue weighted by Crippen LogP contribution is 2.28. The smallest absolute Gasteiger partial charge is 0.254 e. The van der Waals surface area contributed by atoms with Crippen molar-refractivity contribution < 1.29 is 4.74 Å². The summed E-state index contributed by atoms with van der Waals surface area (Å²) < 4.78 is 7.60. The van der Waals surface area contributed by atoms with Crippen LogP contribution < -0.4 is 5.32 Å². The Morgan fingerprint density at radius 2 is 2.33 bits per heavy atom.